The summed E-state index contributed by atoms with van der Waals surface area (Å²) in [5.41, 5.74) is 0.891. The van der Waals surface area contributed by atoms with Crippen LogP contribution >= 0.6 is 27.7 Å². The second-order valence-electron chi connectivity index (χ2n) is 6.03. The number of ether oxygens (including phenoxy) is 2. The third-order valence-corrected chi connectivity index (χ3v) is 5.79. The van der Waals surface area contributed by atoms with E-state index < -0.39 is 0 Å². The summed E-state index contributed by atoms with van der Waals surface area (Å²) in [6.07, 6.45) is 7.85. The fourth-order valence-corrected chi connectivity index (χ4v) is 4.55. The lowest BCUT2D eigenvalue weighted by Gasteiger charge is -2.17. The van der Waals surface area contributed by atoms with E-state index in [2.05, 4.69) is 21.2 Å². The molecule has 2 heterocycles. The molecule has 0 bridgehead atoms. The molecule has 1 aliphatic carbocycles. The maximum atomic E-state index is 12.2. The lowest BCUT2D eigenvalue weighted by molar-refractivity contribution is -0.115. The van der Waals surface area contributed by atoms with E-state index in [1.807, 2.05) is 18.2 Å². The number of nitrogens with one attached hydrogen (secondary N) is 1. The topological polar surface area (TPSA) is 59.9 Å². The zero-order valence-corrected chi connectivity index (χ0v) is 15.4. The van der Waals surface area contributed by atoms with E-state index in [4.69, 9.17) is 14.5 Å². The highest BCUT2D eigenvalue weighted by molar-refractivity contribution is 9.10. The summed E-state index contributed by atoms with van der Waals surface area (Å²) in [5.74, 6) is 1.30. The molecular weight excluding hydrogens is 392 g/mol. The lowest BCUT2D eigenvalue weighted by Crippen LogP contribution is -2.22. The van der Waals surface area contributed by atoms with Gasteiger partial charge in [-0.2, -0.15) is 0 Å². The van der Waals surface area contributed by atoms with Crippen LogP contribution in [0.5, 0.6) is 11.5 Å². The van der Waals surface area contributed by atoms with Crippen LogP contribution in [0.4, 0.5) is 0 Å². The van der Waals surface area contributed by atoms with Crippen molar-refractivity contribution in [1.82, 2.24) is 5.32 Å². The monoisotopic (exact) mass is 408 g/mol. The molecule has 3 aliphatic rings. The Balaban J connectivity index is 1.54. The van der Waals surface area contributed by atoms with E-state index in [9.17, 15) is 4.79 Å². The number of carbonyl (C=O) groups is 1. The maximum absolute atomic E-state index is 12.2. The van der Waals surface area contributed by atoms with Crippen molar-refractivity contribution >= 4 is 44.8 Å². The molecule has 24 heavy (non-hydrogen) atoms. The van der Waals surface area contributed by atoms with Crippen LogP contribution in [-0.4, -0.2) is 23.9 Å². The van der Waals surface area contributed by atoms with Gasteiger partial charge in [-0.1, -0.05) is 19.3 Å². The second kappa shape index (κ2) is 6.80. The van der Waals surface area contributed by atoms with Gasteiger partial charge in [0.1, 0.15) is 0 Å². The van der Waals surface area contributed by atoms with Gasteiger partial charge in [-0.05, 0) is 64.3 Å². The number of rotatable bonds is 2. The number of benzene rings is 1. The van der Waals surface area contributed by atoms with Crippen LogP contribution in [0.15, 0.2) is 26.5 Å². The molecular formula is C17H17BrN2O3S. The molecule has 1 aromatic rings. The Morgan fingerprint density at radius 2 is 2.08 bits per heavy atom. The van der Waals surface area contributed by atoms with Crippen LogP contribution in [0.1, 0.15) is 37.7 Å². The molecule has 1 saturated carbocycles. The highest BCUT2D eigenvalue weighted by Crippen LogP contribution is 2.41. The Morgan fingerprint density at radius 3 is 2.92 bits per heavy atom. The van der Waals surface area contributed by atoms with Gasteiger partial charge in [-0.25, -0.2) is 0 Å². The number of carbonyl (C=O) groups excluding carboxylic acids is 1. The average Bonchev–Trinajstić information content (AvgIpc) is 3.16. The zero-order valence-electron chi connectivity index (χ0n) is 13.0. The molecule has 2 fully saturated rings. The normalized spacial score (nSPS) is 24.0. The molecule has 0 unspecified atom stereocenters. The Labute approximate surface area is 153 Å². The highest BCUT2D eigenvalue weighted by Gasteiger charge is 2.26. The van der Waals surface area contributed by atoms with Crippen molar-refractivity contribution in [3.8, 4) is 11.5 Å². The first-order chi connectivity index (χ1) is 11.7. The molecule has 0 aromatic heterocycles. The molecule has 5 nitrogen and oxygen atoms in total. The fraction of sp³-hybridized carbons (Fsp3) is 0.412. The first kappa shape index (κ1) is 16.0. The minimum absolute atomic E-state index is 0.0941. The largest absolute Gasteiger partial charge is 0.454 e. The van der Waals surface area contributed by atoms with Crippen molar-refractivity contribution in [3.05, 3.63) is 27.1 Å². The van der Waals surface area contributed by atoms with Crippen LogP contribution < -0.4 is 14.8 Å². The third kappa shape index (κ3) is 3.32. The van der Waals surface area contributed by atoms with Crippen LogP contribution in [-0.2, 0) is 4.79 Å². The summed E-state index contributed by atoms with van der Waals surface area (Å²) in [4.78, 5) is 17.6. The van der Waals surface area contributed by atoms with E-state index in [0.717, 1.165) is 28.0 Å². The van der Waals surface area contributed by atoms with Gasteiger partial charge in [0.2, 0.25) is 6.79 Å². The number of hydrogen-bond donors (Lipinski definition) is 1. The van der Waals surface area contributed by atoms with E-state index >= 15 is 0 Å². The number of thioether (sulfide) groups is 1. The van der Waals surface area contributed by atoms with Crippen molar-refractivity contribution in [3.63, 3.8) is 0 Å². The predicted molar refractivity (Wildman–Crippen MR) is 98.3 cm³/mol. The van der Waals surface area contributed by atoms with Gasteiger partial charge >= 0.3 is 0 Å². The quantitative estimate of drug-likeness (QED) is 0.749. The van der Waals surface area contributed by atoms with E-state index in [1.165, 1.54) is 31.0 Å². The molecule has 1 N–H and O–H groups in total. The van der Waals surface area contributed by atoms with Crippen molar-refractivity contribution in [2.24, 2.45) is 4.99 Å². The van der Waals surface area contributed by atoms with Gasteiger partial charge in [0.25, 0.3) is 5.91 Å². The van der Waals surface area contributed by atoms with Gasteiger partial charge < -0.3 is 14.8 Å². The van der Waals surface area contributed by atoms with Gasteiger partial charge in [0.15, 0.2) is 16.7 Å². The summed E-state index contributed by atoms with van der Waals surface area (Å²) in [7, 11) is 0. The molecule has 1 amide bonds. The second-order valence-corrected chi connectivity index (χ2v) is 7.91. The number of hydrogen-bond acceptors (Lipinski definition) is 5. The van der Waals surface area contributed by atoms with E-state index in [-0.39, 0.29) is 12.7 Å². The van der Waals surface area contributed by atoms with Gasteiger partial charge in [-0.3, -0.25) is 9.79 Å². The molecule has 1 saturated heterocycles. The Kier molecular flexibility index (Phi) is 4.54. The van der Waals surface area contributed by atoms with Crippen molar-refractivity contribution in [2.45, 2.75) is 38.1 Å². The van der Waals surface area contributed by atoms with Crippen LogP contribution in [0.3, 0.4) is 0 Å². The standard InChI is InChI=1S/C17H17BrN2O3S/c18-12-6-10(7-13-15(12)23-9-22-13)8-14-16(21)20-17(24-14)19-11-4-2-1-3-5-11/h6-8,11H,1-5,9H2,(H,19,20,21)/b14-8-. The van der Waals surface area contributed by atoms with Crippen LogP contribution in [0.2, 0.25) is 0 Å². The average molecular weight is 409 g/mol. The fourth-order valence-electron chi connectivity index (χ4n) is 3.09. The molecule has 1 aromatic carbocycles. The SMILES string of the molecule is O=C1NC(=NC2CCCCC2)S/C1=C\c1cc(Br)c2c(c1)OCO2. The first-order valence-electron chi connectivity index (χ1n) is 8.07. The number of nitrogens with zero attached hydrogens (tertiary/aromatic N) is 1. The molecule has 4 rings (SSSR count). The van der Waals surface area contributed by atoms with Gasteiger partial charge in [0, 0.05) is 0 Å². The van der Waals surface area contributed by atoms with E-state index in [1.54, 1.807) is 0 Å². The van der Waals surface area contributed by atoms with Crippen molar-refractivity contribution < 1.29 is 14.3 Å². The zero-order chi connectivity index (χ0) is 16.5. The van der Waals surface area contributed by atoms with Crippen molar-refractivity contribution in [2.75, 3.05) is 6.79 Å². The Bertz CT molecular complexity index is 742. The smallest absolute Gasteiger partial charge is 0.264 e. The first-order valence-corrected chi connectivity index (χ1v) is 9.68. The Morgan fingerprint density at radius 1 is 1.25 bits per heavy atom. The number of aliphatic imine (C=N–C) groups is 1. The molecule has 0 atom stereocenters. The van der Waals surface area contributed by atoms with Crippen LogP contribution in [0.25, 0.3) is 6.08 Å². The minimum atomic E-state index is -0.0941. The third-order valence-electron chi connectivity index (χ3n) is 4.27. The lowest BCUT2D eigenvalue weighted by atomic mass is 9.96. The predicted octanol–water partition coefficient (Wildman–Crippen LogP) is 4.07. The number of halogens is 1. The van der Waals surface area contributed by atoms with E-state index in [0.29, 0.717) is 22.4 Å². The van der Waals surface area contributed by atoms with Crippen molar-refractivity contribution in [1.29, 1.82) is 0 Å². The molecule has 2 aliphatic heterocycles. The van der Waals surface area contributed by atoms with Gasteiger partial charge in [-0.15, -0.1) is 0 Å². The number of amides is 1. The molecule has 0 spiro atoms. The Hall–Kier alpha value is -1.47. The van der Waals surface area contributed by atoms with Crippen LogP contribution in [0, 0.1) is 0 Å². The summed E-state index contributed by atoms with van der Waals surface area (Å²) in [6.45, 7) is 0.224. The summed E-state index contributed by atoms with van der Waals surface area (Å²) in [5, 5.41) is 3.60. The number of amidine groups is 1. The number of fused-ring (bicyclic) bond motifs is 1. The maximum Gasteiger partial charge on any atom is 0.264 e. The summed E-state index contributed by atoms with van der Waals surface area (Å²) in [6, 6.07) is 4.15. The summed E-state index contributed by atoms with van der Waals surface area (Å²) < 4.78 is 11.6. The highest BCUT2D eigenvalue weighted by atomic mass is 79.9. The summed E-state index contributed by atoms with van der Waals surface area (Å²) >= 11 is 4.88. The molecule has 126 valence electrons. The molecule has 7 heteroatoms. The minimum Gasteiger partial charge on any atom is -0.454 e. The molecule has 0 radical (unpaired) electrons. The van der Waals surface area contributed by atoms with Gasteiger partial charge in [0.05, 0.1) is 15.4 Å².